The van der Waals surface area contributed by atoms with Crippen molar-refractivity contribution in [2.24, 2.45) is 0 Å². The molecule has 1 aliphatic rings. The van der Waals surface area contributed by atoms with Gasteiger partial charge in [-0.1, -0.05) is 18.2 Å². The number of rotatable bonds is 4. The van der Waals surface area contributed by atoms with Gasteiger partial charge in [0, 0.05) is 17.4 Å². The van der Waals surface area contributed by atoms with E-state index in [-0.39, 0.29) is 18.4 Å². The lowest BCUT2D eigenvalue weighted by atomic mass is 9.89. The number of hydrogen-bond acceptors (Lipinski definition) is 2. The van der Waals surface area contributed by atoms with Gasteiger partial charge in [0.25, 0.3) is 0 Å². The number of halogens is 6. The number of benzene rings is 1. The van der Waals surface area contributed by atoms with Crippen molar-refractivity contribution < 1.29 is 35.9 Å². The highest BCUT2D eigenvalue weighted by atomic mass is 19.4. The van der Waals surface area contributed by atoms with Crippen molar-refractivity contribution in [3.05, 3.63) is 29.8 Å². The Morgan fingerprint density at radius 2 is 1.67 bits per heavy atom. The highest BCUT2D eigenvalue weighted by molar-refractivity contribution is 5.86. The topological polar surface area (TPSA) is 26.3 Å². The lowest BCUT2D eigenvalue weighted by molar-refractivity contribution is -0.275. The van der Waals surface area contributed by atoms with Gasteiger partial charge in [-0.05, 0) is 18.9 Å². The second kappa shape index (κ2) is 4.92. The molecule has 0 N–H and O–H groups in total. The fraction of sp³-hybridized carbons (Fsp3) is 0.462. The summed E-state index contributed by atoms with van der Waals surface area (Å²) in [5.74, 6) is -2.50. The van der Waals surface area contributed by atoms with Crippen LogP contribution in [0.15, 0.2) is 24.3 Å². The number of Topliss-reactive ketones (excluding diaryl/α,β-unsaturated/α-hetero) is 1. The van der Waals surface area contributed by atoms with Gasteiger partial charge in [0.05, 0.1) is 0 Å². The number of alkyl halides is 6. The molecule has 0 unspecified atom stereocenters. The SMILES string of the molecule is O=C(CC1(c2ccccc2OC(F)(F)F)CC1)C(F)(F)F. The Hall–Kier alpha value is -1.73. The van der Waals surface area contributed by atoms with Crippen molar-refractivity contribution in [2.75, 3.05) is 0 Å². The molecule has 116 valence electrons. The summed E-state index contributed by atoms with van der Waals surface area (Å²) < 4.78 is 77.8. The first-order valence-corrected chi connectivity index (χ1v) is 5.99. The second-order valence-corrected chi connectivity index (χ2v) is 4.92. The zero-order chi connectivity index (χ0) is 15.9. The van der Waals surface area contributed by atoms with Crippen LogP contribution in [0.2, 0.25) is 0 Å². The summed E-state index contributed by atoms with van der Waals surface area (Å²) >= 11 is 0. The number of carbonyl (C=O) groups is 1. The van der Waals surface area contributed by atoms with Gasteiger partial charge in [0.15, 0.2) is 0 Å². The maximum absolute atomic E-state index is 12.3. The van der Waals surface area contributed by atoms with Gasteiger partial charge in [-0.15, -0.1) is 13.2 Å². The second-order valence-electron chi connectivity index (χ2n) is 4.92. The van der Waals surface area contributed by atoms with Gasteiger partial charge < -0.3 is 4.74 Å². The van der Waals surface area contributed by atoms with Gasteiger partial charge in [0.2, 0.25) is 5.78 Å². The summed E-state index contributed by atoms with van der Waals surface area (Å²) in [4.78, 5) is 11.1. The van der Waals surface area contributed by atoms with E-state index >= 15 is 0 Å². The third kappa shape index (κ3) is 3.68. The van der Waals surface area contributed by atoms with Crippen molar-refractivity contribution >= 4 is 5.78 Å². The molecular formula is C13H10F6O2. The number of para-hydroxylation sites is 1. The summed E-state index contributed by atoms with van der Waals surface area (Å²) in [5.41, 5.74) is -1.23. The Bertz CT molecular complexity index is 542. The van der Waals surface area contributed by atoms with Crippen molar-refractivity contribution in [3.8, 4) is 5.75 Å². The molecule has 1 aromatic rings. The first kappa shape index (κ1) is 15.7. The molecule has 8 heteroatoms. The van der Waals surface area contributed by atoms with E-state index in [2.05, 4.69) is 4.74 Å². The third-order valence-corrected chi connectivity index (χ3v) is 3.35. The van der Waals surface area contributed by atoms with E-state index in [1.54, 1.807) is 0 Å². The zero-order valence-corrected chi connectivity index (χ0v) is 10.5. The Labute approximate surface area is 115 Å². The van der Waals surface area contributed by atoms with Crippen LogP contribution in [-0.4, -0.2) is 18.3 Å². The maximum atomic E-state index is 12.3. The summed E-state index contributed by atoms with van der Waals surface area (Å²) in [6.45, 7) is 0. The molecule has 0 amide bonds. The minimum absolute atomic E-state index is 0.0140. The van der Waals surface area contributed by atoms with Crippen LogP contribution in [0.4, 0.5) is 26.3 Å². The minimum atomic E-state index is -4.99. The summed E-state index contributed by atoms with van der Waals surface area (Å²) in [6.07, 6.45) is -10.4. The lowest BCUT2D eigenvalue weighted by Crippen LogP contribution is -2.28. The number of hydrogen-bond donors (Lipinski definition) is 0. The van der Waals surface area contributed by atoms with E-state index in [0.29, 0.717) is 0 Å². The molecule has 2 nitrogen and oxygen atoms in total. The van der Waals surface area contributed by atoms with Crippen LogP contribution < -0.4 is 4.74 Å². The molecule has 1 aromatic carbocycles. The van der Waals surface area contributed by atoms with Crippen molar-refractivity contribution in [1.29, 1.82) is 0 Å². The van der Waals surface area contributed by atoms with Crippen LogP contribution in [0.5, 0.6) is 5.75 Å². The first-order valence-electron chi connectivity index (χ1n) is 5.99. The van der Waals surface area contributed by atoms with Gasteiger partial charge in [-0.25, -0.2) is 0 Å². The van der Waals surface area contributed by atoms with Gasteiger partial charge in [-0.2, -0.15) is 13.2 Å². The molecule has 0 radical (unpaired) electrons. The van der Waals surface area contributed by atoms with Gasteiger partial charge >= 0.3 is 12.5 Å². The largest absolute Gasteiger partial charge is 0.573 e. The molecule has 1 saturated carbocycles. The Morgan fingerprint density at radius 3 is 2.14 bits per heavy atom. The quantitative estimate of drug-likeness (QED) is 0.781. The Balaban J connectivity index is 2.28. The first-order chi connectivity index (χ1) is 9.54. The molecule has 1 aliphatic carbocycles. The predicted molar refractivity (Wildman–Crippen MR) is 59.7 cm³/mol. The average molecular weight is 312 g/mol. The molecule has 0 spiro atoms. The van der Waals surface area contributed by atoms with Gasteiger partial charge in [0.1, 0.15) is 5.75 Å². The average Bonchev–Trinajstić information content (AvgIpc) is 3.07. The minimum Gasteiger partial charge on any atom is -0.405 e. The lowest BCUT2D eigenvalue weighted by Gasteiger charge is -2.20. The van der Waals surface area contributed by atoms with Crippen LogP contribution in [0.25, 0.3) is 0 Å². The number of ketones is 1. The van der Waals surface area contributed by atoms with E-state index in [0.717, 1.165) is 6.07 Å². The van der Waals surface area contributed by atoms with E-state index < -0.39 is 35.9 Å². The smallest absolute Gasteiger partial charge is 0.405 e. The molecule has 0 aromatic heterocycles. The Kier molecular flexibility index (Phi) is 3.67. The van der Waals surface area contributed by atoms with Crippen molar-refractivity contribution in [1.82, 2.24) is 0 Å². The van der Waals surface area contributed by atoms with Crippen LogP contribution in [-0.2, 0) is 10.2 Å². The van der Waals surface area contributed by atoms with Crippen LogP contribution in [0.1, 0.15) is 24.8 Å². The number of ether oxygens (including phenoxy) is 1. The summed E-state index contributed by atoms with van der Waals surface area (Å²) in [7, 11) is 0. The highest BCUT2D eigenvalue weighted by Crippen LogP contribution is 2.55. The van der Waals surface area contributed by atoms with Crippen molar-refractivity contribution in [3.63, 3.8) is 0 Å². The third-order valence-electron chi connectivity index (χ3n) is 3.35. The molecule has 0 bridgehead atoms. The molecule has 0 aliphatic heterocycles. The molecule has 0 atom stereocenters. The molecule has 1 fully saturated rings. The molecular weight excluding hydrogens is 302 g/mol. The Morgan fingerprint density at radius 1 is 1.10 bits per heavy atom. The zero-order valence-electron chi connectivity index (χ0n) is 10.5. The fourth-order valence-electron chi connectivity index (χ4n) is 2.22. The predicted octanol–water partition coefficient (Wildman–Crippen LogP) is 4.14. The normalized spacial score (nSPS) is 17.4. The van der Waals surface area contributed by atoms with E-state index in [1.165, 1.54) is 18.2 Å². The summed E-state index contributed by atoms with van der Waals surface area (Å²) in [5, 5.41) is 0. The molecule has 21 heavy (non-hydrogen) atoms. The molecule has 0 heterocycles. The fourth-order valence-corrected chi connectivity index (χ4v) is 2.22. The standard InChI is InChI=1S/C13H10F6O2/c14-12(15,16)10(20)7-11(5-6-11)8-3-1-2-4-9(8)21-13(17,18)19/h1-4H,5-7H2. The van der Waals surface area contributed by atoms with E-state index in [1.807, 2.05) is 0 Å². The van der Waals surface area contributed by atoms with E-state index in [4.69, 9.17) is 0 Å². The molecule has 0 saturated heterocycles. The highest BCUT2D eigenvalue weighted by Gasteiger charge is 2.52. The van der Waals surface area contributed by atoms with E-state index in [9.17, 15) is 31.1 Å². The van der Waals surface area contributed by atoms with Crippen LogP contribution in [0, 0.1) is 0 Å². The van der Waals surface area contributed by atoms with Crippen LogP contribution in [0.3, 0.4) is 0 Å². The maximum Gasteiger partial charge on any atom is 0.573 e. The summed E-state index contributed by atoms with van der Waals surface area (Å²) in [6, 6.07) is 4.97. The molecule has 2 rings (SSSR count). The monoisotopic (exact) mass is 312 g/mol. The van der Waals surface area contributed by atoms with Gasteiger partial charge in [-0.3, -0.25) is 4.79 Å². The van der Waals surface area contributed by atoms with Crippen molar-refractivity contribution in [2.45, 2.75) is 37.2 Å². The number of carbonyl (C=O) groups excluding carboxylic acids is 1. The van der Waals surface area contributed by atoms with Crippen LogP contribution >= 0.6 is 0 Å².